The zero-order valence-corrected chi connectivity index (χ0v) is 21.1. The molecule has 3 N–H and O–H groups in total. The Hall–Kier alpha value is -3.09. The number of benzene rings is 2. The van der Waals surface area contributed by atoms with E-state index in [4.69, 9.17) is 5.41 Å². The first-order chi connectivity index (χ1) is 17.0. The molecule has 1 atom stereocenters. The molecule has 2 aromatic carbocycles. The number of hydrogen-bond acceptors (Lipinski definition) is 3. The lowest BCUT2D eigenvalue weighted by molar-refractivity contribution is -0.131. The van der Waals surface area contributed by atoms with Crippen LogP contribution in [0.4, 0.5) is 10.5 Å². The van der Waals surface area contributed by atoms with E-state index >= 15 is 0 Å². The van der Waals surface area contributed by atoms with E-state index in [0.717, 1.165) is 67.8 Å². The average molecular weight is 478 g/mol. The fourth-order valence-corrected chi connectivity index (χ4v) is 5.43. The molecule has 1 unspecified atom stereocenters. The zero-order valence-electron chi connectivity index (χ0n) is 21.1. The Morgan fingerprint density at radius 1 is 1.11 bits per heavy atom. The van der Waals surface area contributed by atoms with E-state index in [0.29, 0.717) is 25.6 Å². The number of rotatable bonds is 10. The van der Waals surface area contributed by atoms with E-state index in [-0.39, 0.29) is 17.9 Å². The largest absolute Gasteiger partial charge is 0.342 e. The molecule has 2 aromatic rings. The van der Waals surface area contributed by atoms with E-state index in [9.17, 15) is 9.59 Å². The van der Waals surface area contributed by atoms with Gasteiger partial charge in [0.15, 0.2) is 5.96 Å². The molecule has 188 valence electrons. The highest BCUT2D eigenvalue weighted by atomic mass is 16.2. The minimum atomic E-state index is -0.608. The van der Waals surface area contributed by atoms with Gasteiger partial charge >= 0.3 is 6.03 Å². The van der Waals surface area contributed by atoms with Gasteiger partial charge in [0.05, 0.1) is 5.69 Å². The molecule has 7 heteroatoms. The number of fused-ring (bicyclic) bond motifs is 1. The molecule has 2 heterocycles. The first-order valence-electron chi connectivity index (χ1n) is 13.2. The zero-order chi connectivity index (χ0) is 24.8. The van der Waals surface area contributed by atoms with Crippen molar-refractivity contribution in [2.24, 2.45) is 5.92 Å². The second-order valence-electron chi connectivity index (χ2n) is 10.1. The van der Waals surface area contributed by atoms with Crippen molar-refractivity contribution < 1.29 is 9.59 Å². The van der Waals surface area contributed by atoms with E-state index in [1.165, 1.54) is 0 Å². The van der Waals surface area contributed by atoms with Crippen LogP contribution in [-0.4, -0.2) is 52.9 Å². The normalized spacial score (nSPS) is 19.4. The minimum Gasteiger partial charge on any atom is -0.342 e. The van der Waals surface area contributed by atoms with Gasteiger partial charge in [0.25, 0.3) is 5.91 Å². The lowest BCUT2D eigenvalue weighted by Crippen LogP contribution is -2.47. The van der Waals surface area contributed by atoms with Gasteiger partial charge in [0.2, 0.25) is 0 Å². The summed E-state index contributed by atoms with van der Waals surface area (Å²) in [4.78, 5) is 29.9. The van der Waals surface area contributed by atoms with Crippen molar-refractivity contribution >= 4 is 34.4 Å². The summed E-state index contributed by atoms with van der Waals surface area (Å²) in [7, 11) is 0. The smallest absolute Gasteiger partial charge is 0.321 e. The van der Waals surface area contributed by atoms with E-state index < -0.39 is 5.54 Å². The summed E-state index contributed by atoms with van der Waals surface area (Å²) in [5.41, 5.74) is 0.220. The number of carbonyl (C=O) groups excluding carboxylic acids is 2. The molecule has 0 bridgehead atoms. The molecule has 0 spiro atoms. The van der Waals surface area contributed by atoms with Crippen LogP contribution in [0.15, 0.2) is 42.5 Å². The standard InChI is InChI=1S/C28H39N5O2/c1-3-5-16-28(17-6-4-2)25(34)33(26(29)31-28)19-15-21-14-18-32(20-21)27(35)30-24-13-9-11-22-10-7-8-12-23(22)24/h7-13,21H,3-6,14-20H2,1-2H3,(H2,29,31)(H,30,35). The summed E-state index contributed by atoms with van der Waals surface area (Å²) in [5, 5.41) is 16.9. The average Bonchev–Trinajstić information content (AvgIpc) is 3.43. The molecular weight excluding hydrogens is 438 g/mol. The van der Waals surface area contributed by atoms with Gasteiger partial charge in [-0.2, -0.15) is 0 Å². The minimum absolute atomic E-state index is 0.0629. The van der Waals surface area contributed by atoms with Crippen molar-refractivity contribution in [1.29, 1.82) is 5.41 Å². The summed E-state index contributed by atoms with van der Waals surface area (Å²) < 4.78 is 0. The number of likely N-dealkylation sites (tertiary alicyclic amines) is 1. The molecule has 0 aliphatic carbocycles. The molecule has 2 aliphatic rings. The van der Waals surface area contributed by atoms with Crippen LogP contribution in [0.2, 0.25) is 0 Å². The second-order valence-corrected chi connectivity index (χ2v) is 10.1. The van der Waals surface area contributed by atoms with Crippen molar-refractivity contribution in [1.82, 2.24) is 15.1 Å². The number of urea groups is 1. The monoisotopic (exact) mass is 477 g/mol. The molecule has 0 aromatic heterocycles. The fraction of sp³-hybridized carbons (Fsp3) is 0.536. The maximum absolute atomic E-state index is 13.4. The van der Waals surface area contributed by atoms with E-state index in [1.54, 1.807) is 4.90 Å². The summed E-state index contributed by atoms with van der Waals surface area (Å²) >= 11 is 0. The predicted molar refractivity (Wildman–Crippen MR) is 142 cm³/mol. The van der Waals surface area contributed by atoms with Crippen LogP contribution in [0, 0.1) is 11.3 Å². The molecule has 2 saturated heterocycles. The molecule has 3 amide bonds. The Kier molecular flexibility index (Phi) is 7.93. The maximum atomic E-state index is 13.4. The number of guanidine groups is 1. The highest BCUT2D eigenvalue weighted by Gasteiger charge is 2.48. The van der Waals surface area contributed by atoms with Gasteiger partial charge < -0.3 is 15.5 Å². The molecule has 7 nitrogen and oxygen atoms in total. The Labute approximate surface area is 208 Å². The lowest BCUT2D eigenvalue weighted by atomic mass is 9.87. The van der Waals surface area contributed by atoms with Gasteiger partial charge in [-0.1, -0.05) is 75.9 Å². The van der Waals surface area contributed by atoms with Crippen molar-refractivity contribution in [2.75, 3.05) is 25.0 Å². The number of nitrogens with zero attached hydrogens (tertiary/aromatic N) is 2. The second kappa shape index (κ2) is 11.1. The van der Waals surface area contributed by atoms with Crippen molar-refractivity contribution in [3.8, 4) is 0 Å². The van der Waals surface area contributed by atoms with E-state index in [1.807, 2.05) is 47.4 Å². The third-order valence-electron chi connectivity index (χ3n) is 7.56. The van der Waals surface area contributed by atoms with Crippen LogP contribution >= 0.6 is 0 Å². The van der Waals surface area contributed by atoms with Gasteiger partial charge in [0.1, 0.15) is 5.54 Å². The number of unbranched alkanes of at least 4 members (excludes halogenated alkanes) is 2. The highest BCUT2D eigenvalue weighted by Crippen LogP contribution is 2.30. The molecular formula is C28H39N5O2. The van der Waals surface area contributed by atoms with Gasteiger partial charge in [-0.15, -0.1) is 0 Å². The Balaban J connectivity index is 1.32. The number of nitrogens with one attached hydrogen (secondary N) is 3. The van der Waals surface area contributed by atoms with Crippen LogP contribution in [-0.2, 0) is 4.79 Å². The van der Waals surface area contributed by atoms with Gasteiger partial charge in [-0.05, 0) is 43.1 Å². The van der Waals surface area contributed by atoms with Gasteiger partial charge in [-0.25, -0.2) is 4.79 Å². The predicted octanol–water partition coefficient (Wildman–Crippen LogP) is 5.57. The molecule has 4 rings (SSSR count). The van der Waals surface area contributed by atoms with Gasteiger partial charge in [-0.3, -0.25) is 15.1 Å². The van der Waals surface area contributed by atoms with Crippen molar-refractivity contribution in [3.05, 3.63) is 42.5 Å². The fourth-order valence-electron chi connectivity index (χ4n) is 5.43. The molecule has 2 aliphatic heterocycles. The first kappa shape index (κ1) is 25.0. The summed E-state index contributed by atoms with van der Waals surface area (Å²) in [6.07, 6.45) is 7.32. The summed E-state index contributed by atoms with van der Waals surface area (Å²) in [6, 6.07) is 13.9. The van der Waals surface area contributed by atoms with E-state index in [2.05, 4.69) is 24.5 Å². The molecule has 0 radical (unpaired) electrons. The molecule has 2 fully saturated rings. The third kappa shape index (κ3) is 5.44. The molecule has 35 heavy (non-hydrogen) atoms. The Morgan fingerprint density at radius 3 is 2.57 bits per heavy atom. The third-order valence-corrected chi connectivity index (χ3v) is 7.56. The SMILES string of the molecule is CCCCC1(CCCC)NC(=N)N(CCC2CCN(C(=O)Nc3cccc4ccccc34)C2)C1=O. The van der Waals surface area contributed by atoms with Gasteiger partial charge in [0, 0.05) is 25.0 Å². The first-order valence-corrected chi connectivity index (χ1v) is 13.2. The Bertz CT molecular complexity index is 1050. The number of carbonyl (C=O) groups is 2. The summed E-state index contributed by atoms with van der Waals surface area (Å²) in [6.45, 7) is 6.20. The molecule has 0 saturated carbocycles. The van der Waals surface area contributed by atoms with Crippen LogP contribution in [0.1, 0.15) is 65.2 Å². The Morgan fingerprint density at radius 2 is 1.83 bits per heavy atom. The maximum Gasteiger partial charge on any atom is 0.321 e. The number of anilines is 1. The van der Waals surface area contributed by atoms with Crippen molar-refractivity contribution in [2.45, 2.75) is 70.8 Å². The van der Waals surface area contributed by atoms with Crippen LogP contribution in [0.3, 0.4) is 0 Å². The lowest BCUT2D eigenvalue weighted by Gasteiger charge is -2.27. The number of hydrogen-bond donors (Lipinski definition) is 3. The van der Waals surface area contributed by atoms with Crippen LogP contribution in [0.25, 0.3) is 10.8 Å². The summed E-state index contributed by atoms with van der Waals surface area (Å²) in [5.74, 6) is 0.633. The van der Waals surface area contributed by atoms with Crippen LogP contribution in [0.5, 0.6) is 0 Å². The van der Waals surface area contributed by atoms with Crippen LogP contribution < -0.4 is 10.6 Å². The highest BCUT2D eigenvalue weighted by molar-refractivity contribution is 6.08. The topological polar surface area (TPSA) is 88.5 Å². The van der Waals surface area contributed by atoms with Crippen molar-refractivity contribution in [3.63, 3.8) is 0 Å². The number of amides is 3. The quantitative estimate of drug-likeness (QED) is 0.418.